The van der Waals surface area contributed by atoms with Crippen LogP contribution in [0.25, 0.3) is 11.1 Å². The Morgan fingerprint density at radius 2 is 1.77 bits per heavy atom. The Balaban J connectivity index is 1.62. The molecule has 0 spiro atoms. The van der Waals surface area contributed by atoms with Crippen molar-refractivity contribution in [2.75, 3.05) is 26.9 Å². The first-order valence-electron chi connectivity index (χ1n) is 11.8. The van der Waals surface area contributed by atoms with Crippen molar-refractivity contribution < 1.29 is 37.0 Å². The van der Waals surface area contributed by atoms with Gasteiger partial charge in [0, 0.05) is 23.5 Å². The molecular formula is C26H23Cl2F3N4O5. The van der Waals surface area contributed by atoms with Gasteiger partial charge in [0.2, 0.25) is 0 Å². The number of amides is 2. The van der Waals surface area contributed by atoms with E-state index in [2.05, 4.69) is 20.6 Å². The summed E-state index contributed by atoms with van der Waals surface area (Å²) in [5.41, 5.74) is -1.33. The van der Waals surface area contributed by atoms with E-state index >= 15 is 4.39 Å². The Kier molecular flexibility index (Phi) is 9.02. The van der Waals surface area contributed by atoms with Crippen LogP contribution >= 0.6 is 23.2 Å². The second kappa shape index (κ2) is 12.3. The highest BCUT2D eigenvalue weighted by atomic mass is 35.5. The zero-order valence-corrected chi connectivity index (χ0v) is 22.7. The van der Waals surface area contributed by atoms with Crippen LogP contribution in [0.5, 0.6) is 11.8 Å². The van der Waals surface area contributed by atoms with Gasteiger partial charge in [-0.25, -0.2) is 23.1 Å². The first-order valence-corrected chi connectivity index (χ1v) is 12.6. The van der Waals surface area contributed by atoms with E-state index in [-0.39, 0.29) is 46.0 Å². The number of rotatable bonds is 10. The molecule has 1 saturated heterocycles. The van der Waals surface area contributed by atoms with Crippen LogP contribution in [0.1, 0.15) is 28.9 Å². The van der Waals surface area contributed by atoms with Gasteiger partial charge in [0.25, 0.3) is 18.2 Å². The molecule has 1 aromatic heterocycles. The second-order valence-electron chi connectivity index (χ2n) is 8.81. The number of carbonyl (C=O) groups excluding carboxylic acids is 2. The third kappa shape index (κ3) is 5.93. The fourth-order valence-electron chi connectivity index (χ4n) is 3.98. The van der Waals surface area contributed by atoms with E-state index in [0.29, 0.717) is 5.56 Å². The molecule has 0 unspecified atom stereocenters. The van der Waals surface area contributed by atoms with Crippen molar-refractivity contribution in [3.63, 3.8) is 0 Å². The summed E-state index contributed by atoms with van der Waals surface area (Å²) in [5.74, 6) is -2.97. The van der Waals surface area contributed by atoms with Crippen molar-refractivity contribution in [1.29, 1.82) is 0 Å². The highest BCUT2D eigenvalue weighted by Crippen LogP contribution is 2.47. The van der Waals surface area contributed by atoms with Gasteiger partial charge in [0.05, 0.1) is 42.0 Å². The molecule has 2 N–H and O–H groups in total. The van der Waals surface area contributed by atoms with Gasteiger partial charge in [-0.2, -0.15) is 0 Å². The number of nitrogens with one attached hydrogen (secondary N) is 2. The Bertz CT molecular complexity index is 1390. The largest absolute Gasteiger partial charge is 0.484 e. The van der Waals surface area contributed by atoms with E-state index in [9.17, 15) is 18.4 Å². The summed E-state index contributed by atoms with van der Waals surface area (Å²) < 4.78 is 57.2. The Labute approximate surface area is 236 Å². The molecule has 9 nitrogen and oxygen atoms in total. The summed E-state index contributed by atoms with van der Waals surface area (Å²) in [6, 6.07) is 7.12. The van der Waals surface area contributed by atoms with Crippen molar-refractivity contribution in [3.8, 4) is 22.9 Å². The highest BCUT2D eigenvalue weighted by Gasteiger charge is 2.48. The molecule has 2 aromatic carbocycles. The molecule has 0 bridgehead atoms. The van der Waals surface area contributed by atoms with Crippen molar-refractivity contribution in [2.24, 2.45) is 0 Å². The fraction of sp³-hybridized carbons (Fsp3) is 0.308. The van der Waals surface area contributed by atoms with E-state index in [1.54, 1.807) is 30.3 Å². The number of methoxy groups -OCH3 is 1. The molecule has 1 aliphatic heterocycles. The molecule has 0 radical (unpaired) electrons. The maximum absolute atomic E-state index is 15.9. The Hall–Kier alpha value is -3.61. The number of hydrogen-bond acceptors (Lipinski definition) is 7. The second-order valence-corrected chi connectivity index (χ2v) is 9.57. The lowest BCUT2D eigenvalue weighted by Gasteiger charge is -2.41. The number of nitrogens with zero attached hydrogens (tertiary/aromatic N) is 2. The van der Waals surface area contributed by atoms with Crippen molar-refractivity contribution in [3.05, 3.63) is 69.7 Å². The third-order valence-corrected chi connectivity index (χ3v) is 6.93. The monoisotopic (exact) mass is 598 g/mol. The topological polar surface area (TPSA) is 112 Å². The maximum Gasteiger partial charge on any atom is 0.316 e. The van der Waals surface area contributed by atoms with Gasteiger partial charge in [-0.15, -0.1) is 0 Å². The summed E-state index contributed by atoms with van der Waals surface area (Å²) in [6.07, 6.45) is -0.445. The Morgan fingerprint density at radius 3 is 2.33 bits per heavy atom. The van der Waals surface area contributed by atoms with Crippen LogP contribution < -0.4 is 20.1 Å². The van der Waals surface area contributed by atoms with Gasteiger partial charge < -0.3 is 24.8 Å². The first-order chi connectivity index (χ1) is 19.1. The minimum atomic E-state index is -2.89. The van der Waals surface area contributed by atoms with Crippen LogP contribution in [0.4, 0.5) is 13.2 Å². The average molecular weight is 599 g/mol. The molecule has 40 heavy (non-hydrogen) atoms. The number of alkyl halides is 2. The first kappa shape index (κ1) is 29.4. The molecule has 1 fully saturated rings. The van der Waals surface area contributed by atoms with Gasteiger partial charge in [-0.1, -0.05) is 53.5 Å². The molecule has 3 aromatic rings. The van der Waals surface area contributed by atoms with E-state index in [1.807, 2.05) is 0 Å². The number of carbonyl (C=O) groups is 2. The number of ether oxygens (including phenoxy) is 3. The molecule has 1 atom stereocenters. The standard InChI is InChI=1S/C26H23Cl2F3N4O5/c1-13(34-24(37)26(11-39-12-26)35-23(36)15-8-32-25(38-2)33-9-15)17-19(27)20(28)18(14-6-4-3-5-7-14)22(21(17)31)40-10-16(29)30/h3-9,13,16H,10-12H2,1-2H3,(H,34,37)(H,35,36)/t13-/m1/s1. The van der Waals surface area contributed by atoms with Crippen molar-refractivity contribution in [2.45, 2.75) is 24.9 Å². The van der Waals surface area contributed by atoms with Crippen LogP contribution in [0.15, 0.2) is 42.7 Å². The average Bonchev–Trinajstić information content (AvgIpc) is 2.92. The number of hydrogen-bond donors (Lipinski definition) is 2. The van der Waals surface area contributed by atoms with E-state index in [4.69, 9.17) is 37.4 Å². The Morgan fingerprint density at radius 1 is 1.12 bits per heavy atom. The van der Waals surface area contributed by atoms with Crippen molar-refractivity contribution >= 4 is 35.0 Å². The van der Waals surface area contributed by atoms with E-state index in [1.165, 1.54) is 26.4 Å². The zero-order chi connectivity index (χ0) is 29.0. The number of halogens is 5. The van der Waals surface area contributed by atoms with Crippen molar-refractivity contribution in [1.82, 2.24) is 20.6 Å². The molecule has 0 aliphatic carbocycles. The van der Waals surface area contributed by atoms with Crippen LogP contribution in [-0.2, 0) is 9.53 Å². The highest BCUT2D eigenvalue weighted by molar-refractivity contribution is 6.44. The van der Waals surface area contributed by atoms with Crippen LogP contribution in [-0.4, -0.2) is 60.7 Å². The fourth-order valence-corrected chi connectivity index (χ4v) is 4.62. The number of aromatic nitrogens is 2. The predicted molar refractivity (Wildman–Crippen MR) is 140 cm³/mol. The molecule has 2 heterocycles. The zero-order valence-electron chi connectivity index (χ0n) is 21.1. The van der Waals surface area contributed by atoms with Gasteiger partial charge in [0.1, 0.15) is 6.61 Å². The van der Waals surface area contributed by atoms with E-state index in [0.717, 1.165) is 0 Å². The molecule has 14 heteroatoms. The lowest BCUT2D eigenvalue weighted by molar-refractivity contribution is -0.147. The normalized spacial score (nSPS) is 14.7. The van der Waals surface area contributed by atoms with E-state index < -0.39 is 48.0 Å². The summed E-state index contributed by atoms with van der Waals surface area (Å²) in [6.45, 7) is -0.0116. The summed E-state index contributed by atoms with van der Waals surface area (Å²) in [7, 11) is 1.37. The molecule has 212 valence electrons. The van der Waals surface area contributed by atoms with Crippen LogP contribution in [0.3, 0.4) is 0 Å². The maximum atomic E-state index is 15.9. The smallest absolute Gasteiger partial charge is 0.316 e. The predicted octanol–water partition coefficient (Wildman–Crippen LogP) is 4.62. The molecule has 1 aliphatic rings. The minimum Gasteiger partial charge on any atom is -0.484 e. The summed E-state index contributed by atoms with van der Waals surface area (Å²) in [4.78, 5) is 33.8. The summed E-state index contributed by atoms with van der Waals surface area (Å²) >= 11 is 13.0. The number of benzene rings is 2. The molecular weight excluding hydrogens is 576 g/mol. The van der Waals surface area contributed by atoms with Gasteiger partial charge in [-0.05, 0) is 12.5 Å². The molecule has 2 amide bonds. The lowest BCUT2D eigenvalue weighted by atomic mass is 9.93. The SMILES string of the molecule is COc1ncc(C(=O)NC2(C(=O)N[C@H](C)c3c(F)c(OCC(F)F)c(-c4ccccc4)c(Cl)c3Cl)COC2)cn1. The lowest BCUT2D eigenvalue weighted by Crippen LogP contribution is -2.70. The van der Waals surface area contributed by atoms with Gasteiger partial charge in [-0.3, -0.25) is 9.59 Å². The molecule has 0 saturated carbocycles. The summed E-state index contributed by atoms with van der Waals surface area (Å²) in [5, 5.41) is 4.81. The molecule has 4 rings (SSSR count). The van der Waals surface area contributed by atoms with Gasteiger partial charge in [0.15, 0.2) is 17.1 Å². The minimum absolute atomic E-state index is 0.00877. The van der Waals surface area contributed by atoms with Gasteiger partial charge >= 0.3 is 6.01 Å². The van der Waals surface area contributed by atoms with Crippen LogP contribution in [0, 0.1) is 5.82 Å². The third-order valence-electron chi connectivity index (χ3n) is 6.07. The van der Waals surface area contributed by atoms with Crippen LogP contribution in [0.2, 0.25) is 10.0 Å². The quantitative estimate of drug-likeness (QED) is 0.328.